The molecule has 4 heterocycles. The molecule has 25 heavy (non-hydrogen) atoms. The molecule has 0 saturated carbocycles. The van der Waals surface area contributed by atoms with Crippen LogP contribution in [-0.4, -0.2) is 52.3 Å². The van der Waals surface area contributed by atoms with Crippen LogP contribution in [0.15, 0.2) is 35.1 Å². The van der Waals surface area contributed by atoms with Crippen molar-refractivity contribution in [1.82, 2.24) is 15.0 Å². The summed E-state index contributed by atoms with van der Waals surface area (Å²) in [5.74, 6) is 1.33. The number of piperidine rings is 1. The number of amides is 1. The maximum absolute atomic E-state index is 12.5. The van der Waals surface area contributed by atoms with Crippen LogP contribution in [0, 0.1) is 6.92 Å². The lowest BCUT2D eigenvalue weighted by Gasteiger charge is -2.38. The average Bonchev–Trinajstić information content (AvgIpc) is 3.23. The molecule has 4 rings (SSSR count). The number of rotatable bonds is 3. The number of pyridine rings is 1. The Kier molecular flexibility index (Phi) is 4.17. The van der Waals surface area contributed by atoms with Gasteiger partial charge in [-0.05, 0) is 31.9 Å². The molecule has 1 atom stereocenters. The second-order valence-electron chi connectivity index (χ2n) is 6.74. The van der Waals surface area contributed by atoms with E-state index in [1.54, 1.807) is 25.4 Å². The average molecular weight is 343 g/mol. The minimum atomic E-state index is -0.191. The quantitative estimate of drug-likeness (QED) is 0.850. The van der Waals surface area contributed by atoms with E-state index >= 15 is 0 Å². The first kappa shape index (κ1) is 16.1. The predicted molar refractivity (Wildman–Crippen MR) is 88.3 cm³/mol. The number of aromatic nitrogens is 2. The zero-order valence-corrected chi connectivity index (χ0v) is 14.2. The number of nitrogens with zero attached hydrogens (tertiary/aromatic N) is 3. The molecular weight excluding hydrogens is 322 g/mol. The molecule has 0 N–H and O–H groups in total. The second-order valence-corrected chi connectivity index (χ2v) is 6.74. The number of aryl methyl sites for hydroxylation is 1. The van der Waals surface area contributed by atoms with Crippen molar-refractivity contribution in [3.8, 4) is 5.75 Å². The third kappa shape index (κ3) is 3.37. The minimum Gasteiger partial charge on any atom is -0.486 e. The highest BCUT2D eigenvalue weighted by molar-refractivity contribution is 5.92. The van der Waals surface area contributed by atoms with E-state index < -0.39 is 0 Å². The van der Waals surface area contributed by atoms with Crippen LogP contribution in [0.5, 0.6) is 5.75 Å². The molecule has 2 saturated heterocycles. The van der Waals surface area contributed by atoms with Gasteiger partial charge in [-0.3, -0.25) is 9.78 Å². The van der Waals surface area contributed by atoms with Gasteiger partial charge in [0, 0.05) is 31.8 Å². The standard InChI is InChI=1S/C18H21N3O4/c1-13-9-16(20-25-13)17(22)21-7-4-18(5-8-21)10-15(12-23-18)24-14-3-2-6-19-11-14/h2-3,6,9,11,15H,4-5,7-8,10,12H2,1H3/t15-/m1/s1. The molecule has 0 aliphatic carbocycles. The normalized spacial score (nSPS) is 22.3. The topological polar surface area (TPSA) is 77.7 Å². The van der Waals surface area contributed by atoms with Crippen LogP contribution in [0.3, 0.4) is 0 Å². The van der Waals surface area contributed by atoms with Crippen LogP contribution in [0.25, 0.3) is 0 Å². The largest absolute Gasteiger partial charge is 0.486 e. The highest BCUT2D eigenvalue weighted by Gasteiger charge is 2.44. The van der Waals surface area contributed by atoms with E-state index in [1.807, 2.05) is 17.0 Å². The highest BCUT2D eigenvalue weighted by Crippen LogP contribution is 2.37. The van der Waals surface area contributed by atoms with Crippen molar-refractivity contribution in [2.75, 3.05) is 19.7 Å². The molecule has 0 unspecified atom stereocenters. The van der Waals surface area contributed by atoms with E-state index in [2.05, 4.69) is 10.1 Å². The van der Waals surface area contributed by atoms with E-state index in [9.17, 15) is 4.79 Å². The summed E-state index contributed by atoms with van der Waals surface area (Å²) in [6.45, 7) is 3.67. The number of likely N-dealkylation sites (tertiary alicyclic amines) is 1. The van der Waals surface area contributed by atoms with E-state index in [-0.39, 0.29) is 17.6 Å². The third-order valence-corrected chi connectivity index (χ3v) is 4.92. The first-order valence-corrected chi connectivity index (χ1v) is 8.57. The summed E-state index contributed by atoms with van der Waals surface area (Å²) in [5.41, 5.74) is 0.183. The summed E-state index contributed by atoms with van der Waals surface area (Å²) < 4.78 is 17.0. The second kappa shape index (κ2) is 6.48. The van der Waals surface area contributed by atoms with Gasteiger partial charge in [-0.15, -0.1) is 0 Å². The van der Waals surface area contributed by atoms with Gasteiger partial charge in [-0.2, -0.15) is 0 Å². The molecule has 2 aliphatic rings. The Morgan fingerprint density at radius 3 is 2.92 bits per heavy atom. The summed E-state index contributed by atoms with van der Waals surface area (Å²) in [6.07, 6.45) is 5.93. The van der Waals surface area contributed by atoms with Crippen molar-refractivity contribution in [1.29, 1.82) is 0 Å². The fourth-order valence-electron chi connectivity index (χ4n) is 3.58. The third-order valence-electron chi connectivity index (χ3n) is 4.92. The molecule has 2 aromatic rings. The molecule has 1 spiro atoms. The van der Waals surface area contributed by atoms with Gasteiger partial charge in [0.05, 0.1) is 18.4 Å². The molecule has 2 fully saturated rings. The van der Waals surface area contributed by atoms with Crippen molar-refractivity contribution in [3.05, 3.63) is 42.0 Å². The molecule has 0 radical (unpaired) electrons. The number of carbonyl (C=O) groups is 1. The van der Waals surface area contributed by atoms with E-state index in [1.165, 1.54) is 0 Å². The molecule has 7 nitrogen and oxygen atoms in total. The molecule has 2 aliphatic heterocycles. The Hall–Kier alpha value is -2.41. The van der Waals surface area contributed by atoms with Gasteiger partial charge in [0.25, 0.3) is 5.91 Å². The first-order chi connectivity index (χ1) is 12.1. The van der Waals surface area contributed by atoms with E-state index in [0.717, 1.165) is 25.0 Å². The summed E-state index contributed by atoms with van der Waals surface area (Å²) in [4.78, 5) is 18.3. The zero-order valence-electron chi connectivity index (χ0n) is 14.2. The minimum absolute atomic E-state index is 0.0321. The smallest absolute Gasteiger partial charge is 0.276 e. The lowest BCUT2D eigenvalue weighted by Crippen LogP contribution is -2.46. The maximum Gasteiger partial charge on any atom is 0.276 e. The Labute approximate surface area is 145 Å². The molecule has 1 amide bonds. The van der Waals surface area contributed by atoms with Crippen molar-refractivity contribution in [2.24, 2.45) is 0 Å². The van der Waals surface area contributed by atoms with Gasteiger partial charge in [0.2, 0.25) is 0 Å². The van der Waals surface area contributed by atoms with Gasteiger partial charge in [-0.25, -0.2) is 0 Å². The number of carbonyl (C=O) groups excluding carboxylic acids is 1. The fourth-order valence-corrected chi connectivity index (χ4v) is 3.58. The molecular formula is C18H21N3O4. The highest BCUT2D eigenvalue weighted by atomic mass is 16.6. The number of hydrogen-bond donors (Lipinski definition) is 0. The van der Waals surface area contributed by atoms with Gasteiger partial charge in [0.1, 0.15) is 17.6 Å². The Balaban J connectivity index is 1.33. The predicted octanol–water partition coefficient (Wildman–Crippen LogP) is 2.22. The lowest BCUT2D eigenvalue weighted by atomic mass is 9.88. The summed E-state index contributed by atoms with van der Waals surface area (Å²) in [5, 5.41) is 3.82. The van der Waals surface area contributed by atoms with Crippen molar-refractivity contribution < 1.29 is 18.8 Å². The van der Waals surface area contributed by atoms with Gasteiger partial charge < -0.3 is 18.9 Å². The fraction of sp³-hybridized carbons (Fsp3) is 0.500. The van der Waals surface area contributed by atoms with Gasteiger partial charge in [0.15, 0.2) is 5.69 Å². The molecule has 132 valence electrons. The van der Waals surface area contributed by atoms with E-state index in [4.69, 9.17) is 14.0 Å². The molecule has 0 bridgehead atoms. The van der Waals surface area contributed by atoms with Crippen molar-refractivity contribution in [2.45, 2.75) is 37.9 Å². The first-order valence-electron chi connectivity index (χ1n) is 8.57. The Bertz CT molecular complexity index is 738. The van der Waals surface area contributed by atoms with Crippen LogP contribution in [0.2, 0.25) is 0 Å². The Morgan fingerprint density at radius 2 is 2.24 bits per heavy atom. The zero-order chi connectivity index (χ0) is 17.3. The lowest BCUT2D eigenvalue weighted by molar-refractivity contribution is -0.0397. The summed E-state index contributed by atoms with van der Waals surface area (Å²) in [7, 11) is 0. The molecule has 2 aromatic heterocycles. The Morgan fingerprint density at radius 1 is 1.40 bits per heavy atom. The van der Waals surface area contributed by atoms with Crippen molar-refractivity contribution >= 4 is 5.91 Å². The monoisotopic (exact) mass is 343 g/mol. The van der Waals surface area contributed by atoms with Gasteiger partial charge in [-0.1, -0.05) is 5.16 Å². The maximum atomic E-state index is 12.5. The summed E-state index contributed by atoms with van der Waals surface area (Å²) >= 11 is 0. The van der Waals surface area contributed by atoms with Gasteiger partial charge >= 0.3 is 0 Å². The van der Waals surface area contributed by atoms with E-state index in [0.29, 0.717) is 31.2 Å². The van der Waals surface area contributed by atoms with Crippen LogP contribution >= 0.6 is 0 Å². The number of ether oxygens (including phenoxy) is 2. The van der Waals surface area contributed by atoms with Crippen LogP contribution in [0.1, 0.15) is 35.5 Å². The summed E-state index contributed by atoms with van der Waals surface area (Å²) in [6, 6.07) is 5.44. The van der Waals surface area contributed by atoms with Crippen molar-refractivity contribution in [3.63, 3.8) is 0 Å². The van der Waals surface area contributed by atoms with Crippen LogP contribution < -0.4 is 4.74 Å². The van der Waals surface area contributed by atoms with Crippen LogP contribution in [-0.2, 0) is 4.74 Å². The SMILES string of the molecule is Cc1cc(C(=O)N2CCC3(CC2)C[C@@H](Oc2cccnc2)CO3)no1. The molecule has 7 heteroatoms. The number of hydrogen-bond acceptors (Lipinski definition) is 6. The molecule has 0 aromatic carbocycles. The van der Waals surface area contributed by atoms with Crippen LogP contribution in [0.4, 0.5) is 0 Å².